The molecule has 2 atom stereocenters. The average molecular weight is 653 g/mol. The highest BCUT2D eigenvalue weighted by Gasteiger charge is 2.47. The molecule has 0 radical (unpaired) electrons. The molecule has 7 rings (SSSR count). The number of H-pyrrole nitrogens is 1. The molecule has 1 aliphatic rings. The van der Waals surface area contributed by atoms with Gasteiger partial charge in [0.25, 0.3) is 11.5 Å². The van der Waals surface area contributed by atoms with Crippen LogP contribution < -0.4 is 5.56 Å². The van der Waals surface area contributed by atoms with Crippen molar-refractivity contribution in [3.05, 3.63) is 177 Å². The minimum Gasteiger partial charge on any atom is -0.321 e. The Hall–Kier alpha value is -5.40. The minimum absolute atomic E-state index is 0.237. The summed E-state index contributed by atoms with van der Waals surface area (Å²) in [5, 5.41) is 7.10. The summed E-state index contributed by atoms with van der Waals surface area (Å²) < 4.78 is 0.832. The lowest BCUT2D eigenvalue weighted by atomic mass is 9.80. The van der Waals surface area contributed by atoms with Crippen LogP contribution in [0.1, 0.15) is 37.9 Å². The van der Waals surface area contributed by atoms with Crippen molar-refractivity contribution in [2.24, 2.45) is 11.0 Å². The Bertz CT molecular complexity index is 2130. The van der Waals surface area contributed by atoms with Gasteiger partial charge in [0, 0.05) is 32.1 Å². The fraction of sp³-hybridized carbons (Fsp3) is 0.0526. The molecule has 0 fully saturated rings. The minimum atomic E-state index is -0.976. The molecule has 1 amide bonds. The zero-order valence-electron chi connectivity index (χ0n) is 23.9. The number of halogens is 1. The molecule has 218 valence electrons. The van der Waals surface area contributed by atoms with E-state index in [1.54, 1.807) is 48.5 Å². The van der Waals surface area contributed by atoms with Crippen LogP contribution in [0.3, 0.4) is 0 Å². The first-order chi connectivity index (χ1) is 22.0. The third-order valence-corrected chi connectivity index (χ3v) is 8.59. The van der Waals surface area contributed by atoms with Gasteiger partial charge in [-0.15, -0.1) is 0 Å². The van der Waals surface area contributed by atoms with Crippen molar-refractivity contribution in [1.82, 2.24) is 9.99 Å². The van der Waals surface area contributed by atoms with E-state index in [2.05, 4.69) is 20.9 Å². The van der Waals surface area contributed by atoms with E-state index >= 15 is 0 Å². The molecule has 1 aromatic heterocycles. The topological polar surface area (TPSA) is 82.6 Å². The van der Waals surface area contributed by atoms with E-state index in [0.717, 1.165) is 21.0 Å². The van der Waals surface area contributed by atoms with E-state index in [1.165, 1.54) is 5.01 Å². The summed E-state index contributed by atoms with van der Waals surface area (Å²) in [6.07, 6.45) is 0. The normalized spacial score (nSPS) is 16.0. The predicted octanol–water partition coefficient (Wildman–Crippen LogP) is 8.06. The second-order valence-corrected chi connectivity index (χ2v) is 11.7. The van der Waals surface area contributed by atoms with Gasteiger partial charge in [0.1, 0.15) is 0 Å². The molecule has 7 heteroatoms. The van der Waals surface area contributed by atoms with Crippen molar-refractivity contribution >= 4 is 44.2 Å². The number of aromatic amines is 1. The maximum Gasteiger partial charge on any atom is 0.274 e. The Morgan fingerprint density at radius 3 is 1.91 bits per heavy atom. The average Bonchev–Trinajstić information content (AvgIpc) is 3.49. The number of carbonyl (C=O) groups is 2. The molecule has 0 saturated heterocycles. The Balaban J connectivity index is 1.55. The van der Waals surface area contributed by atoms with Gasteiger partial charge in [-0.25, -0.2) is 5.01 Å². The number of amides is 1. The second kappa shape index (κ2) is 11.9. The van der Waals surface area contributed by atoms with Gasteiger partial charge in [0.05, 0.1) is 23.2 Å². The predicted molar refractivity (Wildman–Crippen MR) is 180 cm³/mol. The van der Waals surface area contributed by atoms with Gasteiger partial charge in [0.15, 0.2) is 5.78 Å². The van der Waals surface area contributed by atoms with E-state index in [1.807, 2.05) is 91.0 Å². The number of nitrogens with zero attached hydrogens (tertiary/aromatic N) is 2. The third-order valence-electron chi connectivity index (χ3n) is 8.09. The summed E-state index contributed by atoms with van der Waals surface area (Å²) in [6, 6.07) is 41.7. The number of rotatable bonds is 6. The lowest BCUT2D eigenvalue weighted by molar-refractivity contribution is 0.0666. The molecule has 0 saturated carbocycles. The number of carbonyl (C=O) groups excluding carboxylic acids is 2. The van der Waals surface area contributed by atoms with Gasteiger partial charge < -0.3 is 4.98 Å². The number of pyridine rings is 1. The fourth-order valence-electron chi connectivity index (χ4n) is 6.07. The highest BCUT2D eigenvalue weighted by Crippen LogP contribution is 2.43. The van der Waals surface area contributed by atoms with Crippen LogP contribution in [-0.4, -0.2) is 27.4 Å². The Morgan fingerprint density at radius 1 is 0.689 bits per heavy atom. The molecule has 0 bridgehead atoms. The van der Waals surface area contributed by atoms with Crippen molar-refractivity contribution in [2.45, 2.75) is 6.04 Å². The van der Waals surface area contributed by atoms with E-state index in [0.29, 0.717) is 22.2 Å². The van der Waals surface area contributed by atoms with Crippen LogP contribution >= 0.6 is 15.9 Å². The molecule has 1 aliphatic heterocycles. The Kier molecular flexibility index (Phi) is 7.53. The number of aromatic nitrogens is 1. The molecule has 2 heterocycles. The third kappa shape index (κ3) is 5.21. The Morgan fingerprint density at radius 2 is 1.27 bits per heavy atom. The summed E-state index contributed by atoms with van der Waals surface area (Å²) in [5.74, 6) is -1.58. The van der Waals surface area contributed by atoms with Crippen LogP contribution in [-0.2, 0) is 0 Å². The van der Waals surface area contributed by atoms with Gasteiger partial charge in [-0.05, 0) is 41.5 Å². The van der Waals surface area contributed by atoms with Crippen LogP contribution in [0.15, 0.2) is 154 Å². The number of nitrogens with one attached hydrogen (secondary N) is 1. The van der Waals surface area contributed by atoms with Crippen molar-refractivity contribution in [2.75, 3.05) is 0 Å². The molecular formula is C38H26BrN3O3. The zero-order chi connectivity index (χ0) is 30.9. The van der Waals surface area contributed by atoms with Crippen molar-refractivity contribution < 1.29 is 9.59 Å². The van der Waals surface area contributed by atoms with E-state index < -0.39 is 17.5 Å². The second-order valence-electron chi connectivity index (χ2n) is 10.8. The summed E-state index contributed by atoms with van der Waals surface area (Å²) >= 11 is 3.60. The number of hydrogen-bond donors (Lipinski definition) is 1. The summed E-state index contributed by atoms with van der Waals surface area (Å²) in [5.41, 5.74) is 3.80. The lowest BCUT2D eigenvalue weighted by Crippen LogP contribution is -2.36. The molecule has 0 aliphatic carbocycles. The molecule has 45 heavy (non-hydrogen) atoms. The fourth-order valence-corrected chi connectivity index (χ4v) is 6.43. The largest absolute Gasteiger partial charge is 0.321 e. The van der Waals surface area contributed by atoms with Crippen molar-refractivity contribution in [3.63, 3.8) is 0 Å². The number of hydrazone groups is 1. The van der Waals surface area contributed by atoms with Gasteiger partial charge in [0.2, 0.25) is 0 Å². The van der Waals surface area contributed by atoms with Gasteiger partial charge in [-0.1, -0.05) is 125 Å². The summed E-state index contributed by atoms with van der Waals surface area (Å²) in [4.78, 5) is 46.1. The summed E-state index contributed by atoms with van der Waals surface area (Å²) in [6.45, 7) is 0. The molecule has 6 nitrogen and oxygen atoms in total. The monoisotopic (exact) mass is 651 g/mol. The van der Waals surface area contributed by atoms with Crippen LogP contribution in [0, 0.1) is 5.92 Å². The SMILES string of the molecule is O=C(c1ccccc1)[C@@H]1C(c2c(-c3ccccc3)c3cc(Br)ccc3[nH]c2=O)=NN(C(=O)c2ccccc2)[C@H]1c1ccccc1. The van der Waals surface area contributed by atoms with Crippen molar-refractivity contribution in [1.29, 1.82) is 0 Å². The van der Waals surface area contributed by atoms with Crippen LogP contribution in [0.25, 0.3) is 22.0 Å². The number of Topliss-reactive ketones (excluding diaryl/α,β-unsaturated/α-hetero) is 1. The number of benzene rings is 5. The maximum absolute atomic E-state index is 14.7. The molecule has 1 N–H and O–H groups in total. The van der Waals surface area contributed by atoms with E-state index in [-0.39, 0.29) is 23.0 Å². The molecule has 0 spiro atoms. The first-order valence-electron chi connectivity index (χ1n) is 14.5. The van der Waals surface area contributed by atoms with Crippen molar-refractivity contribution in [3.8, 4) is 11.1 Å². The first-order valence-corrected chi connectivity index (χ1v) is 15.3. The number of hydrogen-bond acceptors (Lipinski definition) is 4. The van der Waals surface area contributed by atoms with Crippen LogP contribution in [0.4, 0.5) is 0 Å². The molecule has 5 aromatic carbocycles. The highest BCUT2D eigenvalue weighted by molar-refractivity contribution is 9.10. The summed E-state index contributed by atoms with van der Waals surface area (Å²) in [7, 11) is 0. The van der Waals surface area contributed by atoms with Crippen LogP contribution in [0.5, 0.6) is 0 Å². The number of ketones is 1. The maximum atomic E-state index is 14.7. The highest BCUT2D eigenvalue weighted by atomic mass is 79.9. The van der Waals surface area contributed by atoms with E-state index in [4.69, 9.17) is 5.10 Å². The van der Waals surface area contributed by atoms with Gasteiger partial charge >= 0.3 is 0 Å². The van der Waals surface area contributed by atoms with Gasteiger partial charge in [-0.3, -0.25) is 14.4 Å². The lowest BCUT2D eigenvalue weighted by Gasteiger charge is -2.27. The Labute approximate surface area is 267 Å². The zero-order valence-corrected chi connectivity index (χ0v) is 25.5. The number of fused-ring (bicyclic) bond motifs is 1. The molecule has 6 aromatic rings. The van der Waals surface area contributed by atoms with E-state index in [9.17, 15) is 14.4 Å². The smallest absolute Gasteiger partial charge is 0.274 e. The van der Waals surface area contributed by atoms with Gasteiger partial charge in [-0.2, -0.15) is 5.10 Å². The molecule has 0 unspecified atom stereocenters. The standard InChI is InChI=1S/C38H26BrN3O3/c39-28-21-22-30-29(23-28)31(24-13-5-1-6-14-24)32(37(44)40-30)34-33(36(43)26-17-9-3-10-18-26)35(25-15-7-2-8-16-25)42(41-34)38(45)27-19-11-4-12-20-27/h1-23,33,35H,(H,40,44)/t33-,35+/m1/s1. The quantitative estimate of drug-likeness (QED) is 0.185. The first kappa shape index (κ1) is 28.4. The molecular weight excluding hydrogens is 626 g/mol. The van der Waals surface area contributed by atoms with Crippen LogP contribution in [0.2, 0.25) is 0 Å².